The largest absolute Gasteiger partial charge is 0.496 e. The predicted molar refractivity (Wildman–Crippen MR) is 144 cm³/mol. The Balaban J connectivity index is 1.69. The highest BCUT2D eigenvalue weighted by Crippen LogP contribution is 2.43. The Morgan fingerprint density at radius 1 is 1.09 bits per heavy atom. The number of ether oxygens (including phenoxy) is 2. The molecule has 3 aromatic rings. The van der Waals surface area contributed by atoms with Crippen LogP contribution in [0.5, 0.6) is 5.75 Å². The third-order valence-electron chi connectivity index (χ3n) is 6.09. The zero-order chi connectivity index (χ0) is 25.1. The van der Waals surface area contributed by atoms with Crippen LogP contribution in [0.15, 0.2) is 69.6 Å². The van der Waals surface area contributed by atoms with Gasteiger partial charge in [0.25, 0.3) is 0 Å². The van der Waals surface area contributed by atoms with Crippen molar-refractivity contribution in [2.24, 2.45) is 5.92 Å². The highest BCUT2D eigenvalue weighted by molar-refractivity contribution is 9.11. The molecular formula is C27H24Br2ClNO4. The van der Waals surface area contributed by atoms with Gasteiger partial charge in [-0.3, -0.25) is 9.59 Å². The molecule has 182 valence electrons. The summed E-state index contributed by atoms with van der Waals surface area (Å²) in [7, 11) is 1.59. The topological polar surface area (TPSA) is 55.8 Å². The van der Waals surface area contributed by atoms with Gasteiger partial charge in [0.05, 0.1) is 24.1 Å². The van der Waals surface area contributed by atoms with Crippen LogP contribution in [0.25, 0.3) is 0 Å². The maximum Gasteiger partial charge on any atom is 0.311 e. The number of carbonyl (C=O) groups is 2. The van der Waals surface area contributed by atoms with Crippen molar-refractivity contribution in [2.75, 3.05) is 12.0 Å². The average molecular weight is 622 g/mol. The molecule has 1 heterocycles. The first-order chi connectivity index (χ1) is 16.8. The van der Waals surface area contributed by atoms with Gasteiger partial charge in [-0.25, -0.2) is 0 Å². The normalized spacial score (nSPS) is 17.9. The number of halogens is 3. The fraction of sp³-hybridized carbons (Fsp3) is 0.259. The number of para-hydroxylation sites is 1. The van der Waals surface area contributed by atoms with Crippen molar-refractivity contribution in [2.45, 2.75) is 32.4 Å². The molecule has 4 rings (SSSR count). The van der Waals surface area contributed by atoms with Crippen molar-refractivity contribution in [1.82, 2.24) is 0 Å². The Hall–Kier alpha value is -2.35. The fourth-order valence-corrected chi connectivity index (χ4v) is 5.76. The van der Waals surface area contributed by atoms with Crippen molar-refractivity contribution >= 4 is 61.0 Å². The van der Waals surface area contributed by atoms with E-state index in [0.29, 0.717) is 26.1 Å². The predicted octanol–water partition coefficient (Wildman–Crippen LogP) is 7.41. The Bertz CT molecular complexity index is 1230. The number of methoxy groups -OCH3 is 1. The summed E-state index contributed by atoms with van der Waals surface area (Å²) in [5.41, 5.74) is 3.38. The van der Waals surface area contributed by atoms with Crippen molar-refractivity contribution in [1.29, 1.82) is 0 Å². The standard InChI is InChI=1S/C27H24Br2ClNO4/c1-16-7-9-18(10-8-16)31-24(32)12-11-20(26(31)19-5-3-4-6-23(19)34-2)27(33)35-15-17-13-21(28)25(30)22(29)14-17/h3-10,13-14,20,26H,11-12,15H2,1-2H3. The smallest absolute Gasteiger partial charge is 0.311 e. The van der Waals surface area contributed by atoms with Gasteiger partial charge in [-0.2, -0.15) is 0 Å². The molecule has 1 fully saturated rings. The number of piperidine rings is 1. The zero-order valence-electron chi connectivity index (χ0n) is 19.3. The second-order valence-corrected chi connectivity index (χ2v) is 10.5. The van der Waals surface area contributed by atoms with E-state index >= 15 is 0 Å². The molecule has 0 N–H and O–H groups in total. The molecule has 2 unspecified atom stereocenters. The second-order valence-electron chi connectivity index (χ2n) is 8.41. The summed E-state index contributed by atoms with van der Waals surface area (Å²) < 4.78 is 12.8. The fourth-order valence-electron chi connectivity index (χ4n) is 4.37. The van der Waals surface area contributed by atoms with Crippen LogP contribution in [0.3, 0.4) is 0 Å². The number of hydrogen-bond acceptors (Lipinski definition) is 4. The third-order valence-corrected chi connectivity index (χ3v) is 8.21. The molecule has 1 saturated heterocycles. The van der Waals surface area contributed by atoms with Gasteiger partial charge in [-0.15, -0.1) is 0 Å². The number of aryl methyl sites for hydroxylation is 1. The summed E-state index contributed by atoms with van der Waals surface area (Å²) in [6.07, 6.45) is 0.633. The van der Waals surface area contributed by atoms with E-state index in [9.17, 15) is 9.59 Å². The van der Waals surface area contributed by atoms with Crippen LogP contribution in [0, 0.1) is 12.8 Å². The van der Waals surface area contributed by atoms with E-state index in [-0.39, 0.29) is 24.9 Å². The lowest BCUT2D eigenvalue weighted by Gasteiger charge is -2.40. The summed E-state index contributed by atoms with van der Waals surface area (Å²) in [4.78, 5) is 28.4. The molecule has 1 aliphatic rings. The Morgan fingerprint density at radius 3 is 2.40 bits per heavy atom. The van der Waals surface area contributed by atoms with Crippen molar-refractivity contribution < 1.29 is 19.1 Å². The molecule has 0 radical (unpaired) electrons. The number of rotatable bonds is 6. The van der Waals surface area contributed by atoms with Gasteiger partial charge >= 0.3 is 5.97 Å². The number of esters is 1. The summed E-state index contributed by atoms with van der Waals surface area (Å²) >= 11 is 13.0. The number of amides is 1. The first-order valence-corrected chi connectivity index (χ1v) is 13.1. The number of anilines is 1. The minimum Gasteiger partial charge on any atom is -0.496 e. The Labute approximate surface area is 226 Å². The maximum absolute atomic E-state index is 13.5. The maximum atomic E-state index is 13.5. The summed E-state index contributed by atoms with van der Waals surface area (Å²) in [6, 6.07) is 18.3. The molecule has 1 amide bonds. The van der Waals surface area contributed by atoms with Crippen LogP contribution in [-0.2, 0) is 20.9 Å². The van der Waals surface area contributed by atoms with Gasteiger partial charge < -0.3 is 14.4 Å². The van der Waals surface area contributed by atoms with Crippen molar-refractivity contribution in [3.63, 3.8) is 0 Å². The first kappa shape index (κ1) is 25.7. The van der Waals surface area contributed by atoms with E-state index in [1.54, 1.807) is 12.0 Å². The quantitative estimate of drug-likeness (QED) is 0.213. The molecule has 0 spiro atoms. The van der Waals surface area contributed by atoms with Gasteiger partial charge in [-0.05, 0) is 81.1 Å². The second kappa shape index (κ2) is 11.1. The number of hydrogen-bond donors (Lipinski definition) is 0. The van der Waals surface area contributed by atoms with Gasteiger partial charge in [-0.1, -0.05) is 47.5 Å². The molecular weight excluding hydrogens is 598 g/mol. The summed E-state index contributed by atoms with van der Waals surface area (Å²) in [5.74, 6) is -0.357. The molecule has 5 nitrogen and oxygen atoms in total. The van der Waals surface area contributed by atoms with Gasteiger partial charge in [0.15, 0.2) is 0 Å². The first-order valence-electron chi connectivity index (χ1n) is 11.1. The van der Waals surface area contributed by atoms with Crippen LogP contribution in [0.4, 0.5) is 5.69 Å². The SMILES string of the molecule is COc1ccccc1C1C(C(=O)OCc2cc(Br)c(Cl)c(Br)c2)CCC(=O)N1c1ccc(C)cc1. The zero-order valence-corrected chi connectivity index (χ0v) is 23.2. The van der Waals surface area contributed by atoms with Crippen LogP contribution >= 0.6 is 43.5 Å². The highest BCUT2D eigenvalue weighted by atomic mass is 79.9. The lowest BCUT2D eigenvalue weighted by atomic mass is 9.83. The van der Waals surface area contributed by atoms with Gasteiger partial charge in [0.1, 0.15) is 12.4 Å². The van der Waals surface area contributed by atoms with E-state index < -0.39 is 12.0 Å². The minimum atomic E-state index is -0.565. The van der Waals surface area contributed by atoms with Gasteiger partial charge in [0.2, 0.25) is 5.91 Å². The lowest BCUT2D eigenvalue weighted by Crippen LogP contribution is -2.46. The number of carbonyl (C=O) groups excluding carboxylic acids is 2. The van der Waals surface area contributed by atoms with Crippen LogP contribution in [-0.4, -0.2) is 19.0 Å². The molecule has 0 saturated carbocycles. The molecule has 0 bridgehead atoms. The molecule has 2 atom stereocenters. The van der Waals surface area contributed by atoms with E-state index in [0.717, 1.165) is 22.4 Å². The van der Waals surface area contributed by atoms with Crippen LogP contribution in [0.2, 0.25) is 5.02 Å². The van der Waals surface area contributed by atoms with Crippen molar-refractivity contribution in [3.05, 3.63) is 91.3 Å². The molecule has 35 heavy (non-hydrogen) atoms. The van der Waals surface area contributed by atoms with E-state index in [4.69, 9.17) is 21.1 Å². The monoisotopic (exact) mass is 619 g/mol. The molecule has 3 aromatic carbocycles. The highest BCUT2D eigenvalue weighted by Gasteiger charge is 2.43. The van der Waals surface area contributed by atoms with Crippen molar-refractivity contribution in [3.8, 4) is 5.75 Å². The van der Waals surface area contributed by atoms with Crippen LogP contribution < -0.4 is 9.64 Å². The average Bonchev–Trinajstić information content (AvgIpc) is 2.86. The van der Waals surface area contributed by atoms with Crippen LogP contribution in [0.1, 0.15) is 35.6 Å². The number of nitrogens with zero attached hydrogens (tertiary/aromatic N) is 1. The Morgan fingerprint density at radius 2 is 1.74 bits per heavy atom. The molecule has 1 aliphatic heterocycles. The molecule has 8 heteroatoms. The summed E-state index contributed by atoms with van der Waals surface area (Å²) in [5, 5.41) is 0.552. The molecule has 0 aromatic heterocycles. The Kier molecular flexibility index (Phi) is 8.19. The summed E-state index contributed by atoms with van der Waals surface area (Å²) in [6.45, 7) is 2.08. The lowest BCUT2D eigenvalue weighted by molar-refractivity contribution is -0.152. The third kappa shape index (κ3) is 5.57. The van der Waals surface area contributed by atoms with E-state index in [1.165, 1.54) is 0 Å². The van der Waals surface area contributed by atoms with Gasteiger partial charge in [0, 0.05) is 26.6 Å². The molecule has 0 aliphatic carbocycles. The number of benzene rings is 3. The van der Waals surface area contributed by atoms with E-state index in [1.807, 2.05) is 67.6 Å². The minimum absolute atomic E-state index is 0.0422. The van der Waals surface area contributed by atoms with E-state index in [2.05, 4.69) is 31.9 Å².